The number of nitrogens with one attached hydrogen (secondary N) is 2. The van der Waals surface area contributed by atoms with E-state index in [1.807, 2.05) is 13.0 Å². The lowest BCUT2D eigenvalue weighted by molar-refractivity contribution is 1.24. The van der Waals surface area contributed by atoms with E-state index in [0.717, 1.165) is 67.1 Å². The minimum atomic E-state index is 0.875. The van der Waals surface area contributed by atoms with Gasteiger partial charge in [-0.05, 0) is 93.0 Å². The monoisotopic (exact) mass is 390 g/mol. The van der Waals surface area contributed by atoms with E-state index in [-0.39, 0.29) is 0 Å². The van der Waals surface area contributed by atoms with E-state index in [4.69, 9.17) is 9.97 Å². The largest absolute Gasteiger partial charge is 0.355 e. The number of aromatic amines is 2. The van der Waals surface area contributed by atoms with Crippen LogP contribution in [0.15, 0.2) is 24.3 Å². The number of fused-ring (bicyclic) bond motifs is 8. The van der Waals surface area contributed by atoms with E-state index < -0.39 is 0 Å². The number of H-pyrrole nitrogens is 2. The predicted molar refractivity (Wildman–Crippen MR) is 126 cm³/mol. The maximum atomic E-state index is 4.90. The molecule has 0 unspecified atom stereocenters. The summed E-state index contributed by atoms with van der Waals surface area (Å²) >= 11 is 0. The van der Waals surface area contributed by atoms with E-state index >= 15 is 0 Å². The molecule has 2 aliphatic rings. The highest BCUT2D eigenvalue weighted by atomic mass is 14.8. The van der Waals surface area contributed by atoms with Crippen LogP contribution in [0.2, 0.25) is 0 Å². The third-order valence-electron chi connectivity index (χ3n) is 5.79. The summed E-state index contributed by atoms with van der Waals surface area (Å²) in [5.41, 5.74) is 12.1. The molecule has 0 saturated carbocycles. The maximum absolute atomic E-state index is 4.90. The van der Waals surface area contributed by atoms with Gasteiger partial charge in [0, 0.05) is 16.6 Å². The molecule has 5 rings (SSSR count). The van der Waals surface area contributed by atoms with Crippen molar-refractivity contribution in [3.63, 3.8) is 0 Å². The summed E-state index contributed by atoms with van der Waals surface area (Å²) in [7, 11) is 0. The molecule has 3 aromatic rings. The fraction of sp³-hybridized carbons (Fsp3) is 0.154. The van der Waals surface area contributed by atoms with E-state index in [1.165, 1.54) is 0 Å². The Morgan fingerprint density at radius 1 is 0.600 bits per heavy atom. The zero-order valence-corrected chi connectivity index (χ0v) is 17.5. The number of aryl methyl sites for hydroxylation is 3. The van der Waals surface area contributed by atoms with Crippen LogP contribution in [0.5, 0.6) is 0 Å². The van der Waals surface area contributed by atoms with Gasteiger partial charge in [-0.2, -0.15) is 0 Å². The first-order valence-electron chi connectivity index (χ1n) is 10.0. The standard InChI is InChI=1S/C26H22N4/c1-5-6-18-25-13-11-23(29-25)16(3)21-9-7-19(27-21)15(2)20-8-10-22(28-20)17(4)24-12-14-26(18)30-24/h7-14,27,30H,1-4H3. The van der Waals surface area contributed by atoms with Crippen molar-refractivity contribution in [2.24, 2.45) is 0 Å². The molecule has 8 bridgehead atoms. The zero-order chi connectivity index (χ0) is 20.8. The van der Waals surface area contributed by atoms with Gasteiger partial charge in [0.2, 0.25) is 0 Å². The average molecular weight is 390 g/mol. The second-order valence-electron chi connectivity index (χ2n) is 7.63. The highest BCUT2D eigenvalue weighted by Crippen LogP contribution is 2.25. The molecule has 2 aliphatic heterocycles. The first-order chi connectivity index (χ1) is 14.5. The summed E-state index contributed by atoms with van der Waals surface area (Å²) in [6.45, 7) is 8.14. The maximum Gasteiger partial charge on any atom is 0.0815 e. The Hall–Kier alpha value is -3.84. The summed E-state index contributed by atoms with van der Waals surface area (Å²) in [5.74, 6) is 6.28. The third kappa shape index (κ3) is 2.87. The summed E-state index contributed by atoms with van der Waals surface area (Å²) < 4.78 is 0. The number of aromatic nitrogens is 4. The quantitative estimate of drug-likeness (QED) is 0.321. The van der Waals surface area contributed by atoms with Gasteiger partial charge in [0.05, 0.1) is 33.9 Å². The molecule has 0 aromatic carbocycles. The highest BCUT2D eigenvalue weighted by Gasteiger charge is 2.11. The summed E-state index contributed by atoms with van der Waals surface area (Å²) in [5, 5.41) is 0. The van der Waals surface area contributed by atoms with Gasteiger partial charge >= 0.3 is 0 Å². The number of nitrogens with zero attached hydrogens (tertiary/aromatic N) is 2. The predicted octanol–water partition coefficient (Wildman–Crippen LogP) is 5.95. The van der Waals surface area contributed by atoms with Crippen LogP contribution in [0.3, 0.4) is 0 Å². The molecule has 146 valence electrons. The van der Waals surface area contributed by atoms with E-state index in [2.05, 4.69) is 85.1 Å². The van der Waals surface area contributed by atoms with E-state index in [9.17, 15) is 0 Å². The lowest BCUT2D eigenvalue weighted by Gasteiger charge is -1.97. The van der Waals surface area contributed by atoms with Gasteiger partial charge < -0.3 is 9.97 Å². The van der Waals surface area contributed by atoms with Crippen LogP contribution < -0.4 is 0 Å². The molecule has 0 atom stereocenters. The molecule has 5 heterocycles. The topological polar surface area (TPSA) is 57.4 Å². The van der Waals surface area contributed by atoms with Gasteiger partial charge in [0.1, 0.15) is 0 Å². The Bertz CT molecular complexity index is 1480. The Morgan fingerprint density at radius 2 is 1.00 bits per heavy atom. The van der Waals surface area contributed by atoms with Crippen molar-refractivity contribution >= 4 is 46.4 Å². The smallest absolute Gasteiger partial charge is 0.0815 e. The third-order valence-corrected chi connectivity index (χ3v) is 5.79. The molecular formula is C26H22N4. The molecule has 0 radical (unpaired) electrons. The van der Waals surface area contributed by atoms with Gasteiger partial charge in [-0.25, -0.2) is 9.97 Å². The molecule has 3 aromatic heterocycles. The normalized spacial score (nSPS) is 12.1. The first kappa shape index (κ1) is 18.2. The van der Waals surface area contributed by atoms with Crippen LogP contribution in [0.25, 0.3) is 46.4 Å². The van der Waals surface area contributed by atoms with Crippen molar-refractivity contribution < 1.29 is 0 Å². The molecule has 4 heteroatoms. The molecular weight excluding hydrogens is 368 g/mol. The second-order valence-corrected chi connectivity index (χ2v) is 7.63. The number of hydrogen-bond acceptors (Lipinski definition) is 2. The lowest BCUT2D eigenvalue weighted by Crippen LogP contribution is -1.87. The van der Waals surface area contributed by atoms with Crippen molar-refractivity contribution in [2.45, 2.75) is 27.7 Å². The molecule has 0 aliphatic carbocycles. The minimum absolute atomic E-state index is 0.875. The molecule has 30 heavy (non-hydrogen) atoms. The molecule has 0 spiro atoms. The molecule has 0 amide bonds. The Morgan fingerprint density at radius 3 is 1.50 bits per heavy atom. The average Bonchev–Trinajstić information content (AvgIpc) is 3.56. The summed E-state index contributed by atoms with van der Waals surface area (Å²) in [6, 6.07) is 8.37. The molecule has 2 N–H and O–H groups in total. The van der Waals surface area contributed by atoms with Crippen LogP contribution in [-0.2, 0) is 0 Å². The van der Waals surface area contributed by atoms with Crippen molar-refractivity contribution in [3.8, 4) is 11.8 Å². The van der Waals surface area contributed by atoms with E-state index in [0.29, 0.717) is 0 Å². The highest BCUT2D eigenvalue weighted by molar-refractivity contribution is 5.84. The fourth-order valence-electron chi connectivity index (χ4n) is 3.89. The number of rotatable bonds is 0. The van der Waals surface area contributed by atoms with Crippen molar-refractivity contribution in [1.82, 2.24) is 19.9 Å². The van der Waals surface area contributed by atoms with Crippen molar-refractivity contribution in [3.05, 3.63) is 69.3 Å². The van der Waals surface area contributed by atoms with Gasteiger partial charge in [-0.15, -0.1) is 5.92 Å². The van der Waals surface area contributed by atoms with Crippen molar-refractivity contribution in [1.29, 1.82) is 0 Å². The minimum Gasteiger partial charge on any atom is -0.355 e. The van der Waals surface area contributed by atoms with Crippen LogP contribution in [0, 0.1) is 32.6 Å². The SMILES string of the molecule is CC#Cc1c2nc(c(C)c3ccc([nH]3)c(C)c3nc(c(C)c4ccc1[nH]4)C=C3)C=C2. The first-order valence-corrected chi connectivity index (χ1v) is 10.0. The van der Waals surface area contributed by atoms with Crippen LogP contribution in [0.1, 0.15) is 52.0 Å². The van der Waals surface area contributed by atoms with Crippen LogP contribution >= 0.6 is 0 Å². The van der Waals surface area contributed by atoms with Gasteiger partial charge in [0.15, 0.2) is 0 Å². The van der Waals surface area contributed by atoms with Gasteiger partial charge in [-0.1, -0.05) is 5.92 Å². The van der Waals surface area contributed by atoms with E-state index in [1.54, 1.807) is 0 Å². The van der Waals surface area contributed by atoms with Crippen LogP contribution in [-0.4, -0.2) is 19.9 Å². The Balaban J connectivity index is 1.98. The van der Waals surface area contributed by atoms with Crippen LogP contribution in [0.4, 0.5) is 0 Å². The van der Waals surface area contributed by atoms with Gasteiger partial charge in [0.25, 0.3) is 0 Å². The lowest BCUT2D eigenvalue weighted by atomic mass is 10.2. The zero-order valence-electron chi connectivity index (χ0n) is 17.5. The fourth-order valence-corrected chi connectivity index (χ4v) is 3.89. The summed E-state index contributed by atoms with van der Waals surface area (Å²) in [4.78, 5) is 16.8. The molecule has 0 saturated heterocycles. The second kappa shape index (κ2) is 6.89. The van der Waals surface area contributed by atoms with Gasteiger partial charge in [-0.3, -0.25) is 0 Å². The Kier molecular flexibility index (Phi) is 4.18. The Labute approximate surface area is 175 Å². The van der Waals surface area contributed by atoms with Crippen molar-refractivity contribution in [2.75, 3.05) is 0 Å². The summed E-state index contributed by atoms with van der Waals surface area (Å²) in [6.07, 6.45) is 8.26. The molecule has 4 nitrogen and oxygen atoms in total. The number of hydrogen-bond donors (Lipinski definition) is 2. The molecule has 0 fully saturated rings.